The van der Waals surface area contributed by atoms with Crippen LogP contribution < -0.4 is 19.8 Å². The molecule has 1 aromatic heterocycles. The fraction of sp³-hybridized carbons (Fsp3) is 0.560. The average Bonchev–Trinajstić information content (AvgIpc) is 3.64. The van der Waals surface area contributed by atoms with Crippen LogP contribution >= 0.6 is 0 Å². The van der Waals surface area contributed by atoms with E-state index in [1.54, 1.807) is 24.4 Å². The zero-order valence-electron chi connectivity index (χ0n) is 20.3. The van der Waals surface area contributed by atoms with Gasteiger partial charge >= 0.3 is 0 Å². The number of carbonyl (C=O) groups is 1. The van der Waals surface area contributed by atoms with Crippen molar-refractivity contribution in [2.75, 3.05) is 58.6 Å². The molecule has 1 amide bonds. The standard InChI is InChI=1S/C25H32N6O4S/c32-23-20-5-4-19(31-13-14-35-17-36(31,33)34)15-21(20)30-12-9-25(7-8-25)18(16-30)3-1-2-10-26-24-27-11-6-22(28-23)29-24/h4-6,11,15,18H,1-3,7-10,12-14,16-17H2,(H2,26,27,28,29,32). The zero-order valence-corrected chi connectivity index (χ0v) is 21.1. The van der Waals surface area contributed by atoms with Gasteiger partial charge in [-0.1, -0.05) is 6.42 Å². The third-order valence-corrected chi connectivity index (χ3v) is 9.63. The maximum absolute atomic E-state index is 13.5. The Morgan fingerprint density at radius 3 is 2.83 bits per heavy atom. The number of nitrogens with one attached hydrogen (secondary N) is 2. The summed E-state index contributed by atoms with van der Waals surface area (Å²) in [6.45, 7) is 3.12. The van der Waals surface area contributed by atoms with Gasteiger partial charge in [0, 0.05) is 25.8 Å². The Balaban J connectivity index is 1.40. The lowest BCUT2D eigenvalue weighted by molar-refractivity contribution is 0.102. The van der Waals surface area contributed by atoms with E-state index in [4.69, 9.17) is 4.74 Å². The Kier molecular flexibility index (Phi) is 5.99. The molecule has 2 aromatic rings. The number of ether oxygens (including phenoxy) is 1. The quantitative estimate of drug-likeness (QED) is 0.599. The number of aromatic nitrogens is 2. The monoisotopic (exact) mass is 512 g/mol. The summed E-state index contributed by atoms with van der Waals surface area (Å²) in [6, 6.07) is 6.99. The smallest absolute Gasteiger partial charge is 0.259 e. The molecular formula is C25H32N6O4S. The van der Waals surface area contributed by atoms with Crippen LogP contribution in [0.25, 0.3) is 0 Å². The summed E-state index contributed by atoms with van der Waals surface area (Å²) >= 11 is 0. The first-order valence-corrected chi connectivity index (χ1v) is 14.4. The molecule has 2 N–H and O–H groups in total. The van der Waals surface area contributed by atoms with Crippen molar-refractivity contribution in [1.82, 2.24) is 9.97 Å². The number of fused-ring (bicyclic) bond motifs is 7. The Hall–Kier alpha value is -2.92. The van der Waals surface area contributed by atoms with E-state index in [-0.39, 0.29) is 18.4 Å². The largest absolute Gasteiger partial charge is 0.371 e. The normalized spacial score (nSPS) is 25.1. The van der Waals surface area contributed by atoms with E-state index in [0.717, 1.165) is 51.0 Å². The van der Waals surface area contributed by atoms with Gasteiger partial charge in [-0.3, -0.25) is 9.10 Å². The molecule has 4 aliphatic rings. The van der Waals surface area contributed by atoms with Crippen LogP contribution in [0.5, 0.6) is 0 Å². The highest BCUT2D eigenvalue weighted by molar-refractivity contribution is 7.92. The van der Waals surface area contributed by atoms with Crippen LogP contribution in [0.3, 0.4) is 0 Å². The highest BCUT2D eigenvalue weighted by Crippen LogP contribution is 2.58. The van der Waals surface area contributed by atoms with Gasteiger partial charge in [-0.25, -0.2) is 13.4 Å². The first-order chi connectivity index (χ1) is 17.4. The number of sulfonamides is 1. The third-order valence-electron chi connectivity index (χ3n) is 8.10. The number of carbonyl (C=O) groups excluding carboxylic acids is 1. The molecule has 10 nitrogen and oxygen atoms in total. The van der Waals surface area contributed by atoms with Crippen molar-refractivity contribution in [2.45, 2.75) is 38.5 Å². The van der Waals surface area contributed by atoms with E-state index in [0.29, 0.717) is 41.0 Å². The first kappa shape index (κ1) is 23.5. The van der Waals surface area contributed by atoms with Gasteiger partial charge in [0.25, 0.3) is 15.9 Å². The van der Waals surface area contributed by atoms with Crippen LogP contribution in [-0.4, -0.2) is 63.0 Å². The summed E-state index contributed by atoms with van der Waals surface area (Å²) in [5.74, 6) is 0.872. The number of amides is 1. The number of benzene rings is 1. The topological polar surface area (TPSA) is 117 Å². The molecule has 1 unspecified atom stereocenters. The summed E-state index contributed by atoms with van der Waals surface area (Å²) in [6.07, 6.45) is 8.57. The Morgan fingerprint density at radius 1 is 1.11 bits per heavy atom. The molecule has 3 fully saturated rings. The van der Waals surface area contributed by atoms with Crippen LogP contribution in [0.15, 0.2) is 30.5 Å². The number of anilines is 4. The molecule has 2 saturated heterocycles. The predicted octanol–water partition coefficient (Wildman–Crippen LogP) is 3.06. The predicted molar refractivity (Wildman–Crippen MR) is 138 cm³/mol. The summed E-state index contributed by atoms with van der Waals surface area (Å²) in [5.41, 5.74) is 2.29. The summed E-state index contributed by atoms with van der Waals surface area (Å²) in [5, 5.41) is 6.19. The van der Waals surface area contributed by atoms with Crippen LogP contribution in [-0.2, 0) is 14.8 Å². The van der Waals surface area contributed by atoms with Gasteiger partial charge in [0.05, 0.1) is 30.1 Å². The molecule has 1 aliphatic carbocycles. The fourth-order valence-corrected chi connectivity index (χ4v) is 7.14. The Labute approximate surface area is 211 Å². The van der Waals surface area contributed by atoms with Crippen LogP contribution in [0, 0.1) is 11.3 Å². The second kappa shape index (κ2) is 9.19. The van der Waals surface area contributed by atoms with Crippen LogP contribution in [0.1, 0.15) is 48.9 Å². The molecule has 1 atom stereocenters. The van der Waals surface area contributed by atoms with Gasteiger partial charge in [0.1, 0.15) is 5.82 Å². The second-order valence-corrected chi connectivity index (χ2v) is 12.1. The fourth-order valence-electron chi connectivity index (χ4n) is 5.89. The molecule has 4 bridgehead atoms. The number of piperidine rings is 1. The van der Waals surface area contributed by atoms with E-state index >= 15 is 0 Å². The lowest BCUT2D eigenvalue weighted by atomic mass is 9.79. The summed E-state index contributed by atoms with van der Waals surface area (Å²) < 4.78 is 32.0. The molecule has 4 heterocycles. The van der Waals surface area contributed by atoms with Gasteiger partial charge < -0.3 is 20.3 Å². The van der Waals surface area contributed by atoms with E-state index in [1.807, 2.05) is 6.07 Å². The highest BCUT2D eigenvalue weighted by Gasteiger charge is 2.51. The second-order valence-electron chi connectivity index (χ2n) is 10.3. The number of nitrogens with zero attached hydrogens (tertiary/aromatic N) is 4. The SMILES string of the molecule is O=C1Nc2ccnc(n2)NCCCCC2CN(CCC23CC3)c2cc(N3CCOCS3(=O)=O)ccc21. The van der Waals surface area contributed by atoms with Crippen molar-refractivity contribution in [3.63, 3.8) is 0 Å². The van der Waals surface area contributed by atoms with E-state index < -0.39 is 10.0 Å². The van der Waals surface area contributed by atoms with E-state index in [1.165, 1.54) is 17.1 Å². The molecule has 3 aliphatic heterocycles. The van der Waals surface area contributed by atoms with Crippen molar-refractivity contribution in [2.24, 2.45) is 11.3 Å². The maximum atomic E-state index is 13.5. The van der Waals surface area contributed by atoms with Crippen molar-refractivity contribution >= 4 is 39.1 Å². The lowest BCUT2D eigenvalue weighted by Gasteiger charge is -2.41. The minimum atomic E-state index is -3.57. The molecule has 11 heteroatoms. The van der Waals surface area contributed by atoms with E-state index in [9.17, 15) is 13.2 Å². The zero-order chi connectivity index (χ0) is 24.8. The van der Waals surface area contributed by atoms with Crippen molar-refractivity contribution in [3.8, 4) is 0 Å². The van der Waals surface area contributed by atoms with Crippen molar-refractivity contribution in [3.05, 3.63) is 36.0 Å². The van der Waals surface area contributed by atoms with Crippen molar-refractivity contribution in [1.29, 1.82) is 0 Å². The molecule has 1 spiro atoms. The lowest BCUT2D eigenvalue weighted by Crippen LogP contribution is -2.43. The van der Waals surface area contributed by atoms with Gasteiger partial charge in [0.2, 0.25) is 5.95 Å². The highest BCUT2D eigenvalue weighted by atomic mass is 32.2. The summed E-state index contributed by atoms with van der Waals surface area (Å²) in [4.78, 5) is 24.5. The number of rotatable bonds is 1. The number of hydrogen-bond donors (Lipinski definition) is 2. The van der Waals surface area contributed by atoms with E-state index in [2.05, 4.69) is 25.5 Å². The number of hydrogen-bond acceptors (Lipinski definition) is 8. The molecular weight excluding hydrogens is 480 g/mol. The third kappa shape index (κ3) is 4.50. The first-order valence-electron chi connectivity index (χ1n) is 12.8. The minimum Gasteiger partial charge on any atom is -0.371 e. The van der Waals surface area contributed by atoms with Crippen LogP contribution in [0.2, 0.25) is 0 Å². The summed E-state index contributed by atoms with van der Waals surface area (Å²) in [7, 11) is -3.57. The van der Waals surface area contributed by atoms with Gasteiger partial charge in [-0.15, -0.1) is 0 Å². The Morgan fingerprint density at radius 2 is 2.00 bits per heavy atom. The average molecular weight is 513 g/mol. The van der Waals surface area contributed by atoms with Crippen molar-refractivity contribution < 1.29 is 17.9 Å². The van der Waals surface area contributed by atoms with Gasteiger partial charge in [0.15, 0.2) is 5.94 Å². The molecule has 6 rings (SSSR count). The minimum absolute atomic E-state index is 0.260. The molecule has 192 valence electrons. The molecule has 0 radical (unpaired) electrons. The maximum Gasteiger partial charge on any atom is 0.259 e. The molecule has 1 saturated carbocycles. The van der Waals surface area contributed by atoms with Gasteiger partial charge in [-0.2, -0.15) is 4.98 Å². The van der Waals surface area contributed by atoms with Gasteiger partial charge in [-0.05, 0) is 67.7 Å². The van der Waals surface area contributed by atoms with Crippen LogP contribution in [0.4, 0.5) is 23.1 Å². The Bertz CT molecular complexity index is 1260. The molecule has 1 aromatic carbocycles. The molecule has 36 heavy (non-hydrogen) atoms.